The first-order valence-electron chi connectivity index (χ1n) is 7.65. The highest BCUT2D eigenvalue weighted by Crippen LogP contribution is 2.28. The summed E-state index contributed by atoms with van der Waals surface area (Å²) in [4.78, 5) is 20.4. The highest BCUT2D eigenvalue weighted by molar-refractivity contribution is 6.31. The largest absolute Gasteiger partial charge is 0.495 e. The van der Waals surface area contributed by atoms with Crippen molar-refractivity contribution < 1.29 is 18.3 Å². The molecule has 1 amide bonds. The topological polar surface area (TPSA) is 76.1 Å². The first kappa shape index (κ1) is 18.5. The van der Waals surface area contributed by atoms with E-state index in [9.17, 15) is 13.6 Å². The third-order valence-corrected chi connectivity index (χ3v) is 3.72. The number of nitrogens with one attached hydrogen (secondary N) is 2. The van der Waals surface area contributed by atoms with Crippen LogP contribution in [0.2, 0.25) is 5.02 Å². The van der Waals surface area contributed by atoms with Crippen LogP contribution < -0.4 is 15.4 Å². The first-order valence-corrected chi connectivity index (χ1v) is 8.03. The molecule has 1 heterocycles. The number of hydrogen-bond donors (Lipinski definition) is 2. The van der Waals surface area contributed by atoms with Crippen LogP contribution in [0.5, 0.6) is 5.75 Å². The van der Waals surface area contributed by atoms with Crippen LogP contribution in [0.4, 0.5) is 26.0 Å². The number of anilines is 3. The molecule has 3 aromatic rings. The van der Waals surface area contributed by atoms with E-state index < -0.39 is 17.5 Å². The fraction of sp³-hybridized carbons (Fsp3) is 0.0556. The monoisotopic (exact) mass is 390 g/mol. The zero-order valence-corrected chi connectivity index (χ0v) is 14.7. The molecule has 138 valence electrons. The van der Waals surface area contributed by atoms with E-state index in [2.05, 4.69) is 20.6 Å². The Morgan fingerprint density at radius 2 is 1.89 bits per heavy atom. The lowest BCUT2D eigenvalue weighted by Crippen LogP contribution is -2.15. The maximum atomic E-state index is 13.2. The lowest BCUT2D eigenvalue weighted by Gasteiger charge is -2.10. The molecule has 9 heteroatoms. The summed E-state index contributed by atoms with van der Waals surface area (Å²) < 4.78 is 31.3. The minimum Gasteiger partial charge on any atom is -0.495 e. The fourth-order valence-electron chi connectivity index (χ4n) is 2.20. The standard InChI is InChI=1S/C18H13ClF2N4O2/c1-27-16-5-2-10(19)6-14(16)25-18(26)15-8-23-17(9-22-15)24-11-3-4-12(20)13(21)7-11/h2-9H,1H3,(H,23,24)(H,25,26). The van der Waals surface area contributed by atoms with Crippen molar-refractivity contribution in [1.29, 1.82) is 0 Å². The summed E-state index contributed by atoms with van der Waals surface area (Å²) >= 11 is 5.93. The number of carbonyl (C=O) groups excluding carboxylic acids is 1. The minimum atomic E-state index is -0.987. The number of amides is 1. The molecule has 27 heavy (non-hydrogen) atoms. The van der Waals surface area contributed by atoms with Gasteiger partial charge in [0.2, 0.25) is 0 Å². The molecule has 0 saturated heterocycles. The summed E-state index contributed by atoms with van der Waals surface area (Å²) in [6.07, 6.45) is 2.54. The summed E-state index contributed by atoms with van der Waals surface area (Å²) in [6.45, 7) is 0. The average Bonchev–Trinajstić information content (AvgIpc) is 2.65. The molecular formula is C18H13ClF2N4O2. The van der Waals surface area contributed by atoms with E-state index in [1.165, 1.54) is 25.6 Å². The molecule has 0 bridgehead atoms. The van der Waals surface area contributed by atoms with Crippen molar-refractivity contribution in [2.45, 2.75) is 0 Å². The minimum absolute atomic E-state index is 0.0489. The molecule has 0 radical (unpaired) electrons. The Kier molecular flexibility index (Phi) is 5.46. The highest BCUT2D eigenvalue weighted by Gasteiger charge is 2.12. The number of carbonyl (C=O) groups is 1. The predicted octanol–water partition coefficient (Wildman–Crippen LogP) is 4.41. The van der Waals surface area contributed by atoms with Crippen LogP contribution in [-0.2, 0) is 0 Å². The molecule has 0 spiro atoms. The van der Waals surface area contributed by atoms with Gasteiger partial charge in [-0.3, -0.25) is 4.79 Å². The fourth-order valence-corrected chi connectivity index (χ4v) is 2.37. The maximum Gasteiger partial charge on any atom is 0.275 e. The first-order chi connectivity index (χ1) is 13.0. The lowest BCUT2D eigenvalue weighted by molar-refractivity contribution is 0.102. The van der Waals surface area contributed by atoms with Gasteiger partial charge in [0.1, 0.15) is 17.3 Å². The SMILES string of the molecule is COc1ccc(Cl)cc1NC(=O)c1cnc(Nc2ccc(F)c(F)c2)cn1. The normalized spacial score (nSPS) is 10.4. The van der Waals surface area contributed by atoms with Crippen LogP contribution in [0.15, 0.2) is 48.8 Å². The van der Waals surface area contributed by atoms with Crippen LogP contribution in [-0.4, -0.2) is 23.0 Å². The van der Waals surface area contributed by atoms with Crippen LogP contribution in [0.3, 0.4) is 0 Å². The van der Waals surface area contributed by atoms with Crippen molar-refractivity contribution in [2.24, 2.45) is 0 Å². The Balaban J connectivity index is 1.72. The Hall–Kier alpha value is -3.26. The van der Waals surface area contributed by atoms with Crippen molar-refractivity contribution in [3.63, 3.8) is 0 Å². The molecule has 0 fully saturated rings. The van der Waals surface area contributed by atoms with Gasteiger partial charge in [-0.15, -0.1) is 0 Å². The molecule has 0 atom stereocenters. The molecule has 0 saturated carbocycles. The number of rotatable bonds is 5. The number of nitrogens with zero attached hydrogens (tertiary/aromatic N) is 2. The highest BCUT2D eigenvalue weighted by atomic mass is 35.5. The zero-order valence-electron chi connectivity index (χ0n) is 14.0. The van der Waals surface area contributed by atoms with Crippen molar-refractivity contribution in [3.05, 3.63) is 71.1 Å². The molecule has 0 aliphatic heterocycles. The maximum absolute atomic E-state index is 13.2. The van der Waals surface area contributed by atoms with E-state index in [1.54, 1.807) is 18.2 Å². The van der Waals surface area contributed by atoms with Gasteiger partial charge in [-0.05, 0) is 30.3 Å². The smallest absolute Gasteiger partial charge is 0.275 e. The summed E-state index contributed by atoms with van der Waals surface area (Å²) in [5.74, 6) is -1.74. The summed E-state index contributed by atoms with van der Waals surface area (Å²) in [7, 11) is 1.47. The second-order valence-electron chi connectivity index (χ2n) is 5.34. The third-order valence-electron chi connectivity index (χ3n) is 3.49. The number of aromatic nitrogens is 2. The summed E-state index contributed by atoms with van der Waals surface area (Å²) in [5, 5.41) is 5.84. The molecular weight excluding hydrogens is 378 g/mol. The second kappa shape index (κ2) is 7.96. The molecule has 1 aromatic heterocycles. The van der Waals surface area contributed by atoms with E-state index >= 15 is 0 Å². The molecule has 0 aliphatic rings. The van der Waals surface area contributed by atoms with Crippen molar-refractivity contribution in [2.75, 3.05) is 17.7 Å². The van der Waals surface area contributed by atoms with E-state index in [0.717, 1.165) is 12.1 Å². The van der Waals surface area contributed by atoms with Gasteiger partial charge >= 0.3 is 0 Å². The molecule has 2 N–H and O–H groups in total. The van der Waals surface area contributed by atoms with Crippen molar-refractivity contribution >= 4 is 34.7 Å². The van der Waals surface area contributed by atoms with Gasteiger partial charge in [-0.2, -0.15) is 0 Å². The zero-order chi connectivity index (χ0) is 19.4. The van der Waals surface area contributed by atoms with Gasteiger partial charge in [0.25, 0.3) is 5.91 Å². The van der Waals surface area contributed by atoms with Crippen LogP contribution in [0.25, 0.3) is 0 Å². The number of methoxy groups -OCH3 is 1. The number of ether oxygens (including phenoxy) is 1. The Morgan fingerprint density at radius 1 is 1.07 bits per heavy atom. The Bertz CT molecular complexity index is 984. The van der Waals surface area contributed by atoms with Crippen LogP contribution >= 0.6 is 11.6 Å². The van der Waals surface area contributed by atoms with Gasteiger partial charge in [-0.25, -0.2) is 18.7 Å². The molecule has 6 nitrogen and oxygen atoms in total. The van der Waals surface area contributed by atoms with Gasteiger partial charge < -0.3 is 15.4 Å². The Morgan fingerprint density at radius 3 is 2.56 bits per heavy atom. The number of halogens is 3. The van der Waals surface area contributed by atoms with E-state index in [0.29, 0.717) is 22.1 Å². The van der Waals surface area contributed by atoms with Crippen LogP contribution in [0.1, 0.15) is 10.5 Å². The quantitative estimate of drug-likeness (QED) is 0.674. The molecule has 0 aliphatic carbocycles. The van der Waals surface area contributed by atoms with Crippen LogP contribution in [0, 0.1) is 11.6 Å². The Labute approximate surface area is 158 Å². The van der Waals surface area contributed by atoms with E-state index in [4.69, 9.17) is 16.3 Å². The average molecular weight is 391 g/mol. The molecule has 0 unspecified atom stereocenters. The summed E-state index contributed by atoms with van der Waals surface area (Å²) in [6, 6.07) is 8.14. The number of benzene rings is 2. The van der Waals surface area contributed by atoms with Crippen molar-refractivity contribution in [1.82, 2.24) is 9.97 Å². The second-order valence-corrected chi connectivity index (χ2v) is 5.78. The van der Waals surface area contributed by atoms with Gasteiger partial charge in [-0.1, -0.05) is 11.6 Å². The molecule has 3 rings (SSSR count). The van der Waals surface area contributed by atoms with Gasteiger partial charge in [0, 0.05) is 16.8 Å². The number of hydrogen-bond acceptors (Lipinski definition) is 5. The summed E-state index contributed by atoms with van der Waals surface area (Å²) in [5.41, 5.74) is 0.734. The van der Waals surface area contributed by atoms with Crippen molar-refractivity contribution in [3.8, 4) is 5.75 Å². The lowest BCUT2D eigenvalue weighted by atomic mass is 10.2. The third kappa shape index (κ3) is 4.48. The predicted molar refractivity (Wildman–Crippen MR) is 97.6 cm³/mol. The van der Waals surface area contributed by atoms with E-state index in [1.807, 2.05) is 0 Å². The van der Waals surface area contributed by atoms with E-state index in [-0.39, 0.29) is 11.5 Å². The van der Waals surface area contributed by atoms with Gasteiger partial charge in [0.15, 0.2) is 11.6 Å². The van der Waals surface area contributed by atoms with Gasteiger partial charge in [0.05, 0.1) is 25.2 Å². The molecule has 2 aromatic carbocycles.